The van der Waals surface area contributed by atoms with Gasteiger partial charge >= 0.3 is 0 Å². The predicted molar refractivity (Wildman–Crippen MR) is 145 cm³/mol. The fourth-order valence-corrected chi connectivity index (χ4v) is 9.87. The van der Waals surface area contributed by atoms with Gasteiger partial charge in [0.15, 0.2) is 5.84 Å². The Morgan fingerprint density at radius 3 is 2.52 bits per heavy atom. The lowest BCUT2D eigenvalue weighted by Crippen LogP contribution is -2.53. The van der Waals surface area contributed by atoms with E-state index in [2.05, 4.69) is 9.71 Å². The monoisotopic (exact) mass is 586 g/mol. The molecule has 40 heavy (non-hydrogen) atoms. The van der Waals surface area contributed by atoms with Gasteiger partial charge in [-0.3, -0.25) is 9.10 Å². The van der Waals surface area contributed by atoms with Crippen LogP contribution >= 0.6 is 0 Å². The number of hydrogen-bond donors (Lipinski definition) is 2. The van der Waals surface area contributed by atoms with E-state index in [9.17, 15) is 31.1 Å². The van der Waals surface area contributed by atoms with Gasteiger partial charge in [0.2, 0.25) is 10.0 Å². The van der Waals surface area contributed by atoms with Crippen molar-refractivity contribution in [3.8, 4) is 0 Å². The van der Waals surface area contributed by atoms with Crippen LogP contribution in [-0.4, -0.2) is 56.9 Å². The number of hydrogen-bond acceptors (Lipinski definition) is 7. The van der Waals surface area contributed by atoms with Gasteiger partial charge in [0.25, 0.3) is 15.9 Å². The number of aliphatic hydroxyl groups excluding tert-OH is 1. The lowest BCUT2D eigenvalue weighted by molar-refractivity contribution is -0.134. The van der Waals surface area contributed by atoms with Crippen LogP contribution in [0.1, 0.15) is 31.2 Å². The van der Waals surface area contributed by atoms with E-state index in [0.717, 1.165) is 24.8 Å². The average molecular weight is 587 g/mol. The number of nitrogens with one attached hydrogen (secondary N) is 1. The second-order valence-corrected chi connectivity index (χ2v) is 14.7. The molecule has 3 aliphatic heterocycles. The molecule has 4 atom stereocenters. The summed E-state index contributed by atoms with van der Waals surface area (Å²) >= 11 is 0. The molecule has 2 bridgehead atoms. The number of carbonyl (C=O) groups excluding carboxylic acids is 1. The molecule has 2 saturated carbocycles. The summed E-state index contributed by atoms with van der Waals surface area (Å²) in [6, 6.07) is 9.87. The molecule has 2 aliphatic carbocycles. The maximum Gasteiger partial charge on any atom is 0.286 e. The number of aliphatic hydroxyl groups is 1. The Hall–Kier alpha value is -3.45. The molecule has 3 fully saturated rings. The van der Waals surface area contributed by atoms with Crippen LogP contribution in [0, 0.1) is 23.6 Å². The van der Waals surface area contributed by atoms with Crippen molar-refractivity contribution < 1.29 is 31.1 Å². The number of fused-ring (bicyclic) bond motifs is 6. The standard InChI is InChI=1S/C27H27FN4O6S2/c28-18-6-2-15(3-7-18)14-31-24-17-5-4-16(12-17)22(24)25(33)23(27(31)34)26-29-20-9-8-19(13-21(20)40(37,38)30-26)32-10-1-11-39(32,35)36/h2-3,6-9,13,16-17,22,24,33H,1,4-5,10-12,14H2,(H,29,30)/t16-,17-,22+,24-/m0/s1. The Bertz CT molecular complexity index is 1720. The first-order valence-electron chi connectivity index (χ1n) is 13.3. The van der Waals surface area contributed by atoms with Crippen LogP contribution in [0.5, 0.6) is 0 Å². The van der Waals surface area contributed by atoms with Crippen molar-refractivity contribution in [1.82, 2.24) is 4.90 Å². The van der Waals surface area contributed by atoms with E-state index in [-0.39, 0.29) is 81.9 Å². The smallest absolute Gasteiger partial charge is 0.286 e. The first-order valence-corrected chi connectivity index (χ1v) is 16.3. The highest BCUT2D eigenvalue weighted by atomic mass is 32.2. The van der Waals surface area contributed by atoms with E-state index in [1.165, 1.54) is 34.6 Å². The molecule has 0 unspecified atom stereocenters. The van der Waals surface area contributed by atoms with Crippen molar-refractivity contribution in [2.45, 2.75) is 43.2 Å². The first-order chi connectivity index (χ1) is 19.0. The second kappa shape index (κ2) is 8.77. The number of nitrogens with zero attached hydrogens (tertiary/aromatic N) is 3. The van der Waals surface area contributed by atoms with Gasteiger partial charge in [-0.25, -0.2) is 12.8 Å². The maximum absolute atomic E-state index is 14.0. The van der Waals surface area contributed by atoms with E-state index in [0.29, 0.717) is 6.42 Å². The lowest BCUT2D eigenvalue weighted by Gasteiger charge is -2.44. The summed E-state index contributed by atoms with van der Waals surface area (Å²) in [5, 5.41) is 14.4. The molecule has 2 aromatic rings. The van der Waals surface area contributed by atoms with Crippen LogP contribution in [0.25, 0.3) is 0 Å². The number of amidine groups is 1. The number of benzene rings is 2. The molecule has 2 N–H and O–H groups in total. The quantitative estimate of drug-likeness (QED) is 0.562. The van der Waals surface area contributed by atoms with Gasteiger partial charge in [0.1, 0.15) is 22.0 Å². The summed E-state index contributed by atoms with van der Waals surface area (Å²) < 4.78 is 70.1. The third-order valence-corrected chi connectivity index (χ3v) is 12.1. The Labute approximate surface area is 231 Å². The number of amides is 1. The summed E-state index contributed by atoms with van der Waals surface area (Å²) in [7, 11) is -7.87. The van der Waals surface area contributed by atoms with E-state index in [4.69, 9.17) is 0 Å². The van der Waals surface area contributed by atoms with Gasteiger partial charge in [-0.2, -0.15) is 8.42 Å². The molecule has 13 heteroatoms. The fraction of sp³-hybridized carbons (Fsp3) is 0.407. The van der Waals surface area contributed by atoms with Crippen LogP contribution in [0.2, 0.25) is 0 Å². The molecular formula is C27H27FN4O6S2. The molecule has 0 aromatic heterocycles. The molecule has 2 aromatic carbocycles. The van der Waals surface area contributed by atoms with Gasteiger partial charge in [0.05, 0.1) is 17.1 Å². The minimum atomic E-state index is -4.34. The lowest BCUT2D eigenvalue weighted by atomic mass is 9.77. The predicted octanol–water partition coefficient (Wildman–Crippen LogP) is 3.15. The zero-order valence-electron chi connectivity index (χ0n) is 21.3. The maximum atomic E-state index is 14.0. The van der Waals surface area contributed by atoms with Crippen molar-refractivity contribution in [1.29, 1.82) is 0 Å². The normalized spacial score (nSPS) is 29.7. The van der Waals surface area contributed by atoms with E-state index in [1.54, 1.807) is 17.0 Å². The molecule has 1 amide bonds. The highest BCUT2D eigenvalue weighted by Gasteiger charge is 2.57. The summed E-state index contributed by atoms with van der Waals surface area (Å²) in [6.45, 7) is 0.442. The molecule has 0 spiro atoms. The van der Waals surface area contributed by atoms with E-state index in [1.807, 2.05) is 0 Å². The van der Waals surface area contributed by atoms with Crippen molar-refractivity contribution in [3.63, 3.8) is 0 Å². The highest BCUT2D eigenvalue weighted by Crippen LogP contribution is 2.55. The van der Waals surface area contributed by atoms with E-state index >= 15 is 0 Å². The molecule has 210 valence electrons. The van der Waals surface area contributed by atoms with Crippen molar-refractivity contribution in [3.05, 3.63) is 65.2 Å². The minimum Gasteiger partial charge on any atom is -0.511 e. The van der Waals surface area contributed by atoms with Crippen LogP contribution < -0.4 is 9.62 Å². The summed E-state index contributed by atoms with van der Waals surface area (Å²) in [6.07, 6.45) is 3.16. The highest BCUT2D eigenvalue weighted by molar-refractivity contribution is 7.93. The van der Waals surface area contributed by atoms with Gasteiger partial charge < -0.3 is 15.3 Å². The van der Waals surface area contributed by atoms with Crippen molar-refractivity contribution >= 4 is 43.2 Å². The number of halogens is 1. The molecule has 7 rings (SSSR count). The summed E-state index contributed by atoms with van der Waals surface area (Å²) in [5.74, 6) is -1.32. The van der Waals surface area contributed by atoms with Gasteiger partial charge in [-0.1, -0.05) is 12.1 Å². The zero-order chi connectivity index (χ0) is 28.0. The number of carbonyl (C=O) groups is 1. The first kappa shape index (κ1) is 25.5. The molecule has 3 heterocycles. The van der Waals surface area contributed by atoms with Gasteiger partial charge in [0, 0.05) is 25.0 Å². The third kappa shape index (κ3) is 3.85. The zero-order valence-corrected chi connectivity index (χ0v) is 23.0. The van der Waals surface area contributed by atoms with Gasteiger partial charge in [-0.05, 0) is 73.4 Å². The molecule has 10 nitrogen and oxygen atoms in total. The molecular weight excluding hydrogens is 559 g/mol. The topological polar surface area (TPSA) is 136 Å². The van der Waals surface area contributed by atoms with Crippen molar-refractivity contribution in [2.24, 2.45) is 22.2 Å². The fourth-order valence-electron chi connectivity index (χ4n) is 7.18. The number of sulfonamides is 2. The second-order valence-electron chi connectivity index (χ2n) is 11.1. The van der Waals surface area contributed by atoms with Crippen LogP contribution in [0.4, 0.5) is 15.8 Å². The van der Waals surface area contributed by atoms with Crippen LogP contribution in [0.15, 0.2) is 63.1 Å². The SMILES string of the molecule is O=C1C(C2=NS(=O)(=O)c3cc(N4CCCS4(=O)=O)ccc3N2)=C(O)[C@@H]2[C@H]3CC[C@@H](C3)[C@@H]2N1Cc1ccc(F)cc1. The molecule has 1 saturated heterocycles. The third-order valence-electron chi connectivity index (χ3n) is 8.88. The van der Waals surface area contributed by atoms with Crippen molar-refractivity contribution in [2.75, 3.05) is 21.9 Å². The van der Waals surface area contributed by atoms with Crippen LogP contribution in [0.3, 0.4) is 0 Å². The minimum absolute atomic E-state index is 0.00857. The molecule has 5 aliphatic rings. The summed E-state index contributed by atoms with van der Waals surface area (Å²) in [5.41, 5.74) is 0.902. The van der Waals surface area contributed by atoms with Crippen LogP contribution in [-0.2, 0) is 31.4 Å². The van der Waals surface area contributed by atoms with Gasteiger partial charge in [-0.15, -0.1) is 4.40 Å². The Morgan fingerprint density at radius 1 is 1.05 bits per heavy atom. The Morgan fingerprint density at radius 2 is 1.80 bits per heavy atom. The average Bonchev–Trinajstić information content (AvgIpc) is 3.62. The summed E-state index contributed by atoms with van der Waals surface area (Å²) in [4.78, 5) is 15.5. The number of anilines is 2. The Kier molecular flexibility index (Phi) is 5.60. The molecule has 0 radical (unpaired) electrons. The number of rotatable bonds is 4. The van der Waals surface area contributed by atoms with E-state index < -0.39 is 26.0 Å². The Balaban J connectivity index is 1.28. The largest absolute Gasteiger partial charge is 0.511 e.